The van der Waals surface area contributed by atoms with E-state index in [0.29, 0.717) is 42.8 Å². The molecule has 35 heavy (non-hydrogen) atoms. The Morgan fingerprint density at radius 1 is 1.11 bits per heavy atom. The third-order valence-corrected chi connectivity index (χ3v) is 7.03. The fourth-order valence-corrected chi connectivity index (χ4v) is 5.26. The van der Waals surface area contributed by atoms with Crippen molar-refractivity contribution in [2.45, 2.75) is 51.0 Å². The molecule has 6 rings (SSSR count). The van der Waals surface area contributed by atoms with Crippen molar-refractivity contribution in [3.63, 3.8) is 0 Å². The Balaban J connectivity index is 1.51. The molecule has 2 aliphatic rings. The molecule has 0 bridgehead atoms. The molecule has 1 aliphatic carbocycles. The van der Waals surface area contributed by atoms with Gasteiger partial charge in [-0.3, -0.25) is 14.2 Å². The van der Waals surface area contributed by atoms with E-state index >= 15 is 0 Å². The molecule has 1 fully saturated rings. The maximum Gasteiger partial charge on any atom is 0.261 e. The molecular formula is C27H24F2N4O2. The van der Waals surface area contributed by atoms with Crippen molar-refractivity contribution in [3.8, 4) is 11.3 Å². The molecule has 0 unspecified atom stereocenters. The number of hydrogen-bond acceptors (Lipinski definition) is 5. The Labute approximate surface area is 200 Å². The fourth-order valence-electron chi connectivity index (χ4n) is 5.26. The van der Waals surface area contributed by atoms with Gasteiger partial charge in [0.1, 0.15) is 17.3 Å². The smallest absolute Gasteiger partial charge is 0.261 e. The van der Waals surface area contributed by atoms with Crippen LogP contribution >= 0.6 is 0 Å². The van der Waals surface area contributed by atoms with Crippen LogP contribution in [0.25, 0.3) is 16.9 Å². The monoisotopic (exact) mass is 474 g/mol. The van der Waals surface area contributed by atoms with Crippen molar-refractivity contribution in [2.24, 2.45) is 0 Å². The summed E-state index contributed by atoms with van der Waals surface area (Å²) >= 11 is 0. The van der Waals surface area contributed by atoms with E-state index < -0.39 is 11.6 Å². The number of pyridine rings is 1. The highest BCUT2D eigenvalue weighted by atomic mass is 19.1. The van der Waals surface area contributed by atoms with Crippen molar-refractivity contribution in [2.75, 3.05) is 6.61 Å². The lowest BCUT2D eigenvalue weighted by atomic mass is 9.89. The number of ether oxygens (including phenoxy) is 1. The number of nitrogens with zero attached hydrogens (tertiary/aromatic N) is 4. The molecule has 2 atom stereocenters. The summed E-state index contributed by atoms with van der Waals surface area (Å²) in [5.41, 5.74) is 4.65. The first-order valence-corrected chi connectivity index (χ1v) is 11.9. The lowest BCUT2D eigenvalue weighted by Crippen LogP contribution is -2.24. The van der Waals surface area contributed by atoms with E-state index in [2.05, 4.69) is 4.98 Å². The summed E-state index contributed by atoms with van der Waals surface area (Å²) in [4.78, 5) is 27.2. The standard InChI is InChI=1S/C27H24F2N4O2/c1-15-11-17(7-9-30-15)24-12-16(8-10-35-24)23-14-33-26(32-22-4-2-3-20(22)27(33)34)25(31-23)19-6-5-18(28)13-21(19)29/h5-7,9,11,13-14,16,24H,2-4,8,10,12H2,1H3/t16-,24-/m1/s1. The molecule has 4 aromatic rings. The predicted molar refractivity (Wildman–Crippen MR) is 126 cm³/mol. The van der Waals surface area contributed by atoms with Gasteiger partial charge in [-0.25, -0.2) is 18.7 Å². The van der Waals surface area contributed by atoms with E-state index in [9.17, 15) is 13.6 Å². The minimum Gasteiger partial charge on any atom is -0.373 e. The summed E-state index contributed by atoms with van der Waals surface area (Å²) < 4.78 is 36.1. The first-order valence-electron chi connectivity index (χ1n) is 11.9. The second kappa shape index (κ2) is 8.61. The zero-order chi connectivity index (χ0) is 24.1. The minimum absolute atomic E-state index is 0.00552. The Morgan fingerprint density at radius 3 is 2.83 bits per heavy atom. The molecule has 0 N–H and O–H groups in total. The van der Waals surface area contributed by atoms with Crippen LogP contribution in [0.15, 0.2) is 47.5 Å². The molecule has 0 spiro atoms. The quantitative estimate of drug-likeness (QED) is 0.424. The SMILES string of the molecule is Cc1cc([C@H]2C[C@H](c3cn4c(=O)c5c(nc4c(-c4ccc(F)cc4F)n3)CCC5)CCO2)ccn1. The van der Waals surface area contributed by atoms with Gasteiger partial charge >= 0.3 is 0 Å². The third kappa shape index (κ3) is 3.91. The van der Waals surface area contributed by atoms with Crippen molar-refractivity contribution < 1.29 is 13.5 Å². The normalized spacial score (nSPS) is 19.7. The van der Waals surface area contributed by atoms with E-state index in [0.717, 1.165) is 35.9 Å². The van der Waals surface area contributed by atoms with E-state index in [1.165, 1.54) is 16.5 Å². The maximum atomic E-state index is 14.9. The van der Waals surface area contributed by atoms with Crippen molar-refractivity contribution in [3.05, 3.63) is 92.9 Å². The van der Waals surface area contributed by atoms with Crippen molar-refractivity contribution in [1.29, 1.82) is 0 Å². The molecule has 4 heterocycles. The van der Waals surface area contributed by atoms with E-state index in [1.54, 1.807) is 12.4 Å². The minimum atomic E-state index is -0.733. The van der Waals surface area contributed by atoms with Crippen molar-refractivity contribution in [1.82, 2.24) is 19.4 Å². The van der Waals surface area contributed by atoms with Crippen LogP contribution in [-0.4, -0.2) is 26.0 Å². The first-order chi connectivity index (χ1) is 17.0. The maximum absolute atomic E-state index is 14.9. The summed E-state index contributed by atoms with van der Waals surface area (Å²) in [7, 11) is 0. The average molecular weight is 475 g/mol. The summed E-state index contributed by atoms with van der Waals surface area (Å²) in [6.45, 7) is 2.48. The lowest BCUT2D eigenvalue weighted by molar-refractivity contribution is 0.00451. The number of benzene rings is 1. The highest BCUT2D eigenvalue weighted by molar-refractivity contribution is 5.74. The molecule has 0 radical (unpaired) electrons. The zero-order valence-electron chi connectivity index (χ0n) is 19.3. The van der Waals surface area contributed by atoms with Crippen LogP contribution in [0.1, 0.15) is 59.5 Å². The third-order valence-electron chi connectivity index (χ3n) is 7.03. The van der Waals surface area contributed by atoms with Gasteiger partial charge in [-0.1, -0.05) is 0 Å². The van der Waals surface area contributed by atoms with Crippen LogP contribution in [0, 0.1) is 18.6 Å². The topological polar surface area (TPSA) is 69.4 Å². The van der Waals surface area contributed by atoms with E-state index in [-0.39, 0.29) is 28.8 Å². The molecule has 1 aromatic carbocycles. The van der Waals surface area contributed by atoms with Gasteiger partial charge in [0.15, 0.2) is 5.65 Å². The molecule has 8 heteroatoms. The number of aromatic nitrogens is 4. The zero-order valence-corrected chi connectivity index (χ0v) is 19.3. The molecule has 1 aliphatic heterocycles. The van der Waals surface area contributed by atoms with E-state index in [1.807, 2.05) is 19.1 Å². The first kappa shape index (κ1) is 22.0. The molecule has 0 saturated carbocycles. The van der Waals surface area contributed by atoms with Crippen LogP contribution in [0.2, 0.25) is 0 Å². The summed E-state index contributed by atoms with van der Waals surface area (Å²) in [5.74, 6) is -1.41. The number of rotatable bonds is 3. The van der Waals surface area contributed by atoms with Gasteiger partial charge in [0.05, 0.1) is 17.5 Å². The summed E-state index contributed by atoms with van der Waals surface area (Å²) in [5, 5.41) is 0. The van der Waals surface area contributed by atoms with Gasteiger partial charge in [0, 0.05) is 47.8 Å². The predicted octanol–water partition coefficient (Wildman–Crippen LogP) is 4.86. The Bertz CT molecular complexity index is 1520. The summed E-state index contributed by atoms with van der Waals surface area (Å²) in [6.07, 6.45) is 7.03. The van der Waals surface area contributed by atoms with Gasteiger partial charge in [-0.2, -0.15) is 0 Å². The van der Waals surface area contributed by atoms with Crippen LogP contribution in [0.3, 0.4) is 0 Å². The second-order valence-corrected chi connectivity index (χ2v) is 9.34. The van der Waals surface area contributed by atoms with Gasteiger partial charge in [-0.05, 0) is 68.9 Å². The van der Waals surface area contributed by atoms with Gasteiger partial charge in [0.2, 0.25) is 0 Å². The van der Waals surface area contributed by atoms with Gasteiger partial charge < -0.3 is 4.74 Å². The second-order valence-electron chi connectivity index (χ2n) is 9.34. The number of fused-ring (bicyclic) bond motifs is 2. The number of aryl methyl sites for hydroxylation is 2. The highest BCUT2D eigenvalue weighted by Gasteiger charge is 2.29. The molecular weight excluding hydrogens is 450 g/mol. The largest absolute Gasteiger partial charge is 0.373 e. The van der Waals surface area contributed by atoms with Crippen molar-refractivity contribution >= 4 is 5.65 Å². The van der Waals surface area contributed by atoms with Gasteiger partial charge in [-0.15, -0.1) is 0 Å². The fraction of sp³-hybridized carbons (Fsp3) is 0.333. The van der Waals surface area contributed by atoms with Crippen LogP contribution in [-0.2, 0) is 17.6 Å². The number of halogens is 2. The molecule has 0 amide bonds. The van der Waals surface area contributed by atoms with Crippen LogP contribution in [0.4, 0.5) is 8.78 Å². The molecule has 178 valence electrons. The van der Waals surface area contributed by atoms with E-state index in [4.69, 9.17) is 14.7 Å². The number of hydrogen-bond donors (Lipinski definition) is 0. The Kier molecular flexibility index (Phi) is 5.40. The lowest BCUT2D eigenvalue weighted by Gasteiger charge is -2.30. The highest BCUT2D eigenvalue weighted by Crippen LogP contribution is 2.38. The van der Waals surface area contributed by atoms with Gasteiger partial charge in [0.25, 0.3) is 5.56 Å². The Hall–Kier alpha value is -3.52. The van der Waals surface area contributed by atoms with Crippen LogP contribution < -0.4 is 5.56 Å². The Morgan fingerprint density at radius 2 is 2.00 bits per heavy atom. The average Bonchev–Trinajstić information content (AvgIpc) is 3.33. The van der Waals surface area contributed by atoms with Crippen LogP contribution in [0.5, 0.6) is 0 Å². The summed E-state index contributed by atoms with van der Waals surface area (Å²) in [6, 6.07) is 7.36. The molecule has 3 aromatic heterocycles. The molecule has 6 nitrogen and oxygen atoms in total. The molecule has 1 saturated heterocycles.